The van der Waals surface area contributed by atoms with Crippen LogP contribution in [0.25, 0.3) is 0 Å². The SMILES string of the molecule is O=C(NC1N=C(c2ccc(C(F)(F)F)cc2)c2ccccc2NC1=O)OCc1ccccc1. The fourth-order valence-electron chi connectivity index (χ4n) is 3.28. The Hall–Kier alpha value is -4.14. The fourth-order valence-corrected chi connectivity index (χ4v) is 3.28. The normalized spacial score (nSPS) is 15.5. The van der Waals surface area contributed by atoms with E-state index in [1.807, 2.05) is 6.07 Å². The van der Waals surface area contributed by atoms with Crippen molar-refractivity contribution in [2.24, 2.45) is 4.99 Å². The highest BCUT2D eigenvalue weighted by Crippen LogP contribution is 2.30. The van der Waals surface area contributed by atoms with Crippen LogP contribution in [0, 0.1) is 0 Å². The third-order valence-corrected chi connectivity index (χ3v) is 4.90. The van der Waals surface area contributed by atoms with Gasteiger partial charge in [-0.3, -0.25) is 10.1 Å². The maximum Gasteiger partial charge on any atom is 0.416 e. The van der Waals surface area contributed by atoms with Gasteiger partial charge in [0.05, 0.1) is 17.0 Å². The second kappa shape index (κ2) is 9.15. The number of fused-ring (bicyclic) bond motifs is 1. The van der Waals surface area contributed by atoms with Crippen LogP contribution < -0.4 is 10.6 Å². The molecule has 2 amide bonds. The molecule has 2 N–H and O–H groups in total. The van der Waals surface area contributed by atoms with Gasteiger partial charge in [0.1, 0.15) is 6.61 Å². The minimum atomic E-state index is -4.48. The molecule has 1 atom stereocenters. The van der Waals surface area contributed by atoms with Crippen LogP contribution in [0.5, 0.6) is 0 Å². The molecule has 0 fully saturated rings. The van der Waals surface area contributed by atoms with Gasteiger partial charge in [-0.2, -0.15) is 13.2 Å². The van der Waals surface area contributed by atoms with Gasteiger partial charge in [0.25, 0.3) is 5.91 Å². The van der Waals surface area contributed by atoms with Crippen molar-refractivity contribution < 1.29 is 27.5 Å². The molecule has 0 spiro atoms. The van der Waals surface area contributed by atoms with Gasteiger partial charge in [-0.15, -0.1) is 0 Å². The summed E-state index contributed by atoms with van der Waals surface area (Å²) in [7, 11) is 0. The molecule has 0 aliphatic carbocycles. The van der Waals surface area contributed by atoms with Crippen LogP contribution in [-0.2, 0) is 22.3 Å². The molecular formula is C24H18F3N3O3. The summed E-state index contributed by atoms with van der Waals surface area (Å²) in [6.45, 7) is -0.00326. The van der Waals surface area contributed by atoms with Crippen LogP contribution in [0.1, 0.15) is 22.3 Å². The van der Waals surface area contributed by atoms with Crippen LogP contribution in [0.3, 0.4) is 0 Å². The van der Waals surface area contributed by atoms with E-state index in [1.165, 1.54) is 12.1 Å². The molecule has 0 saturated carbocycles. The molecule has 0 aromatic heterocycles. The van der Waals surface area contributed by atoms with Gasteiger partial charge >= 0.3 is 12.3 Å². The molecule has 9 heteroatoms. The molecule has 0 bridgehead atoms. The van der Waals surface area contributed by atoms with E-state index >= 15 is 0 Å². The predicted molar refractivity (Wildman–Crippen MR) is 116 cm³/mol. The molecular weight excluding hydrogens is 435 g/mol. The molecule has 1 heterocycles. The minimum absolute atomic E-state index is 0.00326. The average Bonchev–Trinajstić information content (AvgIpc) is 2.94. The van der Waals surface area contributed by atoms with Crippen molar-refractivity contribution in [3.05, 3.63) is 101 Å². The first-order valence-electron chi connectivity index (χ1n) is 9.94. The molecule has 168 valence electrons. The highest BCUT2D eigenvalue weighted by Gasteiger charge is 2.31. The third-order valence-electron chi connectivity index (χ3n) is 4.90. The van der Waals surface area contributed by atoms with Crippen LogP contribution in [0.2, 0.25) is 0 Å². The van der Waals surface area contributed by atoms with Gasteiger partial charge in [-0.05, 0) is 23.8 Å². The summed E-state index contributed by atoms with van der Waals surface area (Å²) in [5, 5.41) is 5.09. The van der Waals surface area contributed by atoms with E-state index in [0.717, 1.165) is 17.7 Å². The average molecular weight is 453 g/mol. The number of nitrogens with zero attached hydrogens (tertiary/aromatic N) is 1. The Morgan fingerprint density at radius 1 is 0.970 bits per heavy atom. The van der Waals surface area contributed by atoms with Gasteiger partial charge in [0, 0.05) is 11.1 Å². The summed E-state index contributed by atoms with van der Waals surface area (Å²) in [6.07, 6.45) is -6.69. The molecule has 33 heavy (non-hydrogen) atoms. The number of nitrogens with one attached hydrogen (secondary N) is 2. The Bertz CT molecular complexity index is 1190. The lowest BCUT2D eigenvalue weighted by Gasteiger charge is -2.14. The number of halogens is 3. The Labute approximate surface area is 187 Å². The third kappa shape index (κ3) is 5.20. The molecule has 3 aromatic carbocycles. The Balaban J connectivity index is 1.61. The molecule has 1 aliphatic rings. The zero-order valence-electron chi connectivity index (χ0n) is 17.1. The lowest BCUT2D eigenvalue weighted by Crippen LogP contribution is -2.42. The number of alkyl halides is 3. The van der Waals surface area contributed by atoms with Crippen molar-refractivity contribution in [3.63, 3.8) is 0 Å². The number of carbonyl (C=O) groups is 2. The minimum Gasteiger partial charge on any atom is -0.445 e. The highest BCUT2D eigenvalue weighted by molar-refractivity contribution is 6.19. The summed E-state index contributed by atoms with van der Waals surface area (Å²) < 4.78 is 44.1. The second-order valence-corrected chi connectivity index (χ2v) is 7.20. The molecule has 3 aromatic rings. The number of aliphatic imine (C=N–C) groups is 1. The van der Waals surface area contributed by atoms with Crippen LogP contribution in [0.4, 0.5) is 23.7 Å². The molecule has 1 aliphatic heterocycles. The number of ether oxygens (including phenoxy) is 1. The van der Waals surface area contributed by atoms with Gasteiger partial charge in [-0.1, -0.05) is 60.7 Å². The molecule has 6 nitrogen and oxygen atoms in total. The number of benzene rings is 3. The first kappa shape index (κ1) is 22.1. The summed E-state index contributed by atoms with van der Waals surface area (Å²) in [5.74, 6) is -0.610. The first-order valence-corrected chi connectivity index (χ1v) is 9.94. The standard InChI is InChI=1S/C24H18F3N3O3/c25-24(26,27)17-12-10-16(11-13-17)20-18-8-4-5-9-19(18)28-22(31)21(29-20)30-23(32)33-14-15-6-2-1-3-7-15/h1-13,21H,14H2,(H,28,31)(H,30,32). The summed E-state index contributed by atoms with van der Waals surface area (Å²) >= 11 is 0. The Morgan fingerprint density at radius 3 is 2.33 bits per heavy atom. The van der Waals surface area contributed by atoms with Crippen LogP contribution in [0.15, 0.2) is 83.9 Å². The van der Waals surface area contributed by atoms with Crippen molar-refractivity contribution in [1.29, 1.82) is 0 Å². The van der Waals surface area contributed by atoms with Gasteiger partial charge in [0.2, 0.25) is 6.17 Å². The number of hydrogen-bond acceptors (Lipinski definition) is 4. The van der Waals surface area contributed by atoms with E-state index in [9.17, 15) is 22.8 Å². The maximum atomic E-state index is 13.0. The zero-order chi connectivity index (χ0) is 23.4. The Morgan fingerprint density at radius 2 is 1.64 bits per heavy atom. The van der Waals surface area contributed by atoms with Crippen molar-refractivity contribution in [2.45, 2.75) is 18.9 Å². The number of amides is 2. The molecule has 0 saturated heterocycles. The maximum absolute atomic E-state index is 13.0. The zero-order valence-corrected chi connectivity index (χ0v) is 17.1. The number of anilines is 1. The lowest BCUT2D eigenvalue weighted by atomic mass is 9.99. The van der Waals surface area contributed by atoms with Gasteiger partial charge < -0.3 is 10.1 Å². The Kier molecular flexibility index (Phi) is 6.12. The predicted octanol–water partition coefficient (Wildman–Crippen LogP) is 4.75. The second-order valence-electron chi connectivity index (χ2n) is 7.20. The quantitative estimate of drug-likeness (QED) is 0.599. The van der Waals surface area contributed by atoms with Crippen LogP contribution in [-0.4, -0.2) is 23.9 Å². The first-order chi connectivity index (χ1) is 15.8. The van der Waals surface area contributed by atoms with E-state index < -0.39 is 29.9 Å². The van der Waals surface area contributed by atoms with Crippen molar-refractivity contribution >= 4 is 23.4 Å². The van der Waals surface area contributed by atoms with Crippen molar-refractivity contribution in [1.82, 2.24) is 5.32 Å². The summed E-state index contributed by atoms with van der Waals surface area (Å²) in [4.78, 5) is 29.4. The van der Waals surface area contributed by atoms with Gasteiger partial charge in [-0.25, -0.2) is 9.79 Å². The van der Waals surface area contributed by atoms with E-state index in [0.29, 0.717) is 16.8 Å². The number of benzodiazepines with no additional fused rings is 1. The van der Waals surface area contributed by atoms with E-state index in [1.54, 1.807) is 48.5 Å². The molecule has 0 radical (unpaired) electrons. The highest BCUT2D eigenvalue weighted by atomic mass is 19.4. The van der Waals surface area contributed by atoms with Gasteiger partial charge in [0.15, 0.2) is 0 Å². The molecule has 1 unspecified atom stereocenters. The van der Waals surface area contributed by atoms with Crippen LogP contribution >= 0.6 is 0 Å². The summed E-state index contributed by atoms with van der Waals surface area (Å²) in [6, 6.07) is 20.2. The largest absolute Gasteiger partial charge is 0.445 e. The number of alkyl carbamates (subject to hydrolysis) is 1. The van der Waals surface area contributed by atoms with E-state index in [-0.39, 0.29) is 12.3 Å². The van der Waals surface area contributed by atoms with Crippen molar-refractivity contribution in [3.8, 4) is 0 Å². The van der Waals surface area contributed by atoms with Crippen molar-refractivity contribution in [2.75, 3.05) is 5.32 Å². The van der Waals surface area contributed by atoms with E-state index in [2.05, 4.69) is 15.6 Å². The summed E-state index contributed by atoms with van der Waals surface area (Å²) in [5.41, 5.74) is 1.50. The smallest absolute Gasteiger partial charge is 0.416 e. The number of hydrogen-bond donors (Lipinski definition) is 2. The fraction of sp³-hybridized carbons (Fsp3) is 0.125. The monoisotopic (exact) mass is 453 g/mol. The number of carbonyl (C=O) groups excluding carboxylic acids is 2. The number of para-hydroxylation sites is 1. The molecule has 4 rings (SSSR count). The lowest BCUT2D eigenvalue weighted by molar-refractivity contribution is -0.137. The topological polar surface area (TPSA) is 79.8 Å². The number of rotatable bonds is 4. The van der Waals surface area contributed by atoms with E-state index in [4.69, 9.17) is 4.74 Å².